The van der Waals surface area contributed by atoms with Crippen LogP contribution in [0.1, 0.15) is 25.7 Å². The molecule has 1 aliphatic rings. The Morgan fingerprint density at radius 1 is 0.971 bits per heavy atom. The molecule has 4 rings (SSSR count). The van der Waals surface area contributed by atoms with E-state index in [-0.39, 0.29) is 23.2 Å². The Balaban J connectivity index is 1.28. The molecule has 35 heavy (non-hydrogen) atoms. The summed E-state index contributed by atoms with van der Waals surface area (Å²) < 4.78 is 28.4. The highest BCUT2D eigenvalue weighted by molar-refractivity contribution is 9.10. The second-order valence-electron chi connectivity index (χ2n) is 8.79. The molecule has 1 aromatic heterocycles. The van der Waals surface area contributed by atoms with Crippen LogP contribution in [-0.2, 0) is 10.0 Å². The molecule has 11 heteroatoms. The number of aliphatic hydroxyl groups excluding tert-OH is 1. The maximum Gasteiger partial charge on any atom is 0.244 e. The van der Waals surface area contributed by atoms with Gasteiger partial charge in [0.1, 0.15) is 16.5 Å². The lowest BCUT2D eigenvalue weighted by Crippen LogP contribution is -2.32. The molecule has 0 atom stereocenters. The average Bonchev–Trinajstić information content (AvgIpc) is 2.85. The second kappa shape index (κ2) is 11.5. The normalized spacial score (nSPS) is 18.5. The van der Waals surface area contributed by atoms with Gasteiger partial charge in [-0.2, -0.15) is 4.98 Å². The summed E-state index contributed by atoms with van der Waals surface area (Å²) in [4.78, 5) is 9.10. The van der Waals surface area contributed by atoms with Gasteiger partial charge in [-0.05, 0) is 67.9 Å². The fraction of sp³-hybridized carbons (Fsp3) is 0.417. The zero-order valence-corrected chi connectivity index (χ0v) is 21.6. The fourth-order valence-corrected chi connectivity index (χ4v) is 5.90. The van der Waals surface area contributed by atoms with E-state index in [9.17, 15) is 13.5 Å². The number of aromatic hydroxyl groups is 1. The third-order valence-electron chi connectivity index (χ3n) is 6.30. The van der Waals surface area contributed by atoms with Crippen LogP contribution in [0.25, 0.3) is 10.9 Å². The number of hydrogen-bond donors (Lipinski definition) is 5. The van der Waals surface area contributed by atoms with E-state index in [4.69, 9.17) is 5.11 Å². The van der Waals surface area contributed by atoms with Crippen LogP contribution < -0.4 is 15.4 Å². The molecule has 2 aromatic carbocycles. The van der Waals surface area contributed by atoms with E-state index >= 15 is 0 Å². The van der Waals surface area contributed by atoms with Gasteiger partial charge in [-0.1, -0.05) is 28.1 Å². The lowest BCUT2D eigenvalue weighted by Gasteiger charge is -2.28. The molecule has 5 N–H and O–H groups in total. The van der Waals surface area contributed by atoms with Crippen molar-refractivity contribution >= 4 is 48.6 Å². The molecule has 0 unspecified atom stereocenters. The minimum absolute atomic E-state index is 0.0186. The molecule has 0 aliphatic heterocycles. The van der Waals surface area contributed by atoms with Gasteiger partial charge in [-0.25, -0.2) is 18.1 Å². The number of sulfonamides is 1. The Kier molecular flexibility index (Phi) is 8.42. The summed E-state index contributed by atoms with van der Waals surface area (Å²) in [5, 5.41) is 26.6. The van der Waals surface area contributed by atoms with Crippen LogP contribution in [0.2, 0.25) is 0 Å². The van der Waals surface area contributed by atoms with Gasteiger partial charge in [-0.3, -0.25) is 0 Å². The number of anilines is 2. The smallest absolute Gasteiger partial charge is 0.244 e. The summed E-state index contributed by atoms with van der Waals surface area (Å²) >= 11 is 3.22. The van der Waals surface area contributed by atoms with E-state index < -0.39 is 10.0 Å². The van der Waals surface area contributed by atoms with Crippen LogP contribution in [-0.4, -0.2) is 54.8 Å². The van der Waals surface area contributed by atoms with Crippen LogP contribution in [0.5, 0.6) is 5.75 Å². The van der Waals surface area contributed by atoms with Gasteiger partial charge in [0.15, 0.2) is 0 Å². The number of rotatable bonds is 10. The first-order valence-electron chi connectivity index (χ1n) is 11.7. The maximum atomic E-state index is 12.6. The van der Waals surface area contributed by atoms with Crippen molar-refractivity contribution in [3.05, 3.63) is 46.9 Å². The Morgan fingerprint density at radius 2 is 1.69 bits per heavy atom. The number of fused-ring (bicyclic) bond motifs is 1. The van der Waals surface area contributed by atoms with Crippen molar-refractivity contribution in [3.63, 3.8) is 0 Å². The molecule has 9 nitrogen and oxygen atoms in total. The topological polar surface area (TPSA) is 136 Å². The quantitative estimate of drug-likeness (QED) is 0.252. The van der Waals surface area contributed by atoms with Gasteiger partial charge >= 0.3 is 0 Å². The molecule has 0 saturated heterocycles. The van der Waals surface area contributed by atoms with E-state index in [0.717, 1.165) is 43.1 Å². The van der Waals surface area contributed by atoms with Crippen LogP contribution in [0, 0.1) is 11.8 Å². The van der Waals surface area contributed by atoms with E-state index in [0.29, 0.717) is 35.2 Å². The molecule has 0 bridgehead atoms. The van der Waals surface area contributed by atoms with Crippen LogP contribution in [0.4, 0.5) is 11.8 Å². The minimum atomic E-state index is -3.77. The SMILES string of the molecule is O=S(=O)(NCC1CCC(CNc2nc(NCCO)c3ccccc3n2)CC1)c1ccc(Br)cc1O. The highest BCUT2D eigenvalue weighted by Gasteiger charge is 2.25. The summed E-state index contributed by atoms with van der Waals surface area (Å²) in [6.45, 7) is 1.52. The summed E-state index contributed by atoms with van der Waals surface area (Å²) in [5.41, 5.74) is 0.832. The standard InChI is InChI=1S/C24H30BrN5O4S/c25-18-9-10-22(21(32)13-18)35(33,34)28-15-17-7-5-16(6-8-17)14-27-24-29-20-4-2-1-3-19(20)23(30-24)26-11-12-31/h1-4,9-10,13,16-17,28,31-32H,5-8,11-12,14-15H2,(H2,26,27,29,30). The largest absolute Gasteiger partial charge is 0.506 e. The number of hydrogen-bond acceptors (Lipinski definition) is 8. The Morgan fingerprint density at radius 3 is 2.40 bits per heavy atom. The molecule has 1 aliphatic carbocycles. The monoisotopic (exact) mass is 563 g/mol. The van der Waals surface area contributed by atoms with Crippen LogP contribution in [0.3, 0.4) is 0 Å². The van der Waals surface area contributed by atoms with Crippen LogP contribution in [0.15, 0.2) is 51.8 Å². The number of aliphatic hydroxyl groups is 1. The van der Waals surface area contributed by atoms with Crippen molar-refractivity contribution in [3.8, 4) is 5.75 Å². The molecule has 0 radical (unpaired) electrons. The molecular formula is C24H30BrN5O4S. The minimum Gasteiger partial charge on any atom is -0.506 e. The van der Waals surface area contributed by atoms with Gasteiger partial charge in [0, 0.05) is 29.5 Å². The number of halogens is 1. The Labute approximate surface area is 213 Å². The van der Waals surface area contributed by atoms with Gasteiger partial charge in [0.25, 0.3) is 0 Å². The zero-order valence-electron chi connectivity index (χ0n) is 19.2. The first-order valence-corrected chi connectivity index (χ1v) is 14.0. The van der Waals surface area contributed by atoms with E-state index in [1.807, 2.05) is 24.3 Å². The highest BCUT2D eigenvalue weighted by Crippen LogP contribution is 2.30. The van der Waals surface area contributed by atoms with Crippen molar-refractivity contribution < 1.29 is 18.6 Å². The maximum absolute atomic E-state index is 12.6. The Hall–Kier alpha value is -2.47. The number of nitrogens with one attached hydrogen (secondary N) is 3. The van der Waals surface area contributed by atoms with E-state index in [1.54, 1.807) is 6.07 Å². The number of aromatic nitrogens is 2. The van der Waals surface area contributed by atoms with Crippen molar-refractivity contribution in [2.24, 2.45) is 11.8 Å². The summed E-state index contributed by atoms with van der Waals surface area (Å²) in [5.74, 6) is 1.67. The molecule has 188 valence electrons. The molecule has 0 spiro atoms. The number of para-hydroxylation sites is 1. The molecule has 1 heterocycles. The van der Waals surface area contributed by atoms with Crippen molar-refractivity contribution in [2.75, 3.05) is 36.9 Å². The molecule has 1 fully saturated rings. The van der Waals surface area contributed by atoms with Crippen molar-refractivity contribution in [1.29, 1.82) is 0 Å². The van der Waals surface area contributed by atoms with Crippen molar-refractivity contribution in [1.82, 2.24) is 14.7 Å². The number of phenolic OH excluding ortho intramolecular Hbond substituents is 1. The number of benzene rings is 2. The first kappa shape index (κ1) is 25.6. The predicted molar refractivity (Wildman–Crippen MR) is 140 cm³/mol. The molecule has 3 aromatic rings. The van der Waals surface area contributed by atoms with Gasteiger partial charge in [0.2, 0.25) is 16.0 Å². The van der Waals surface area contributed by atoms with Gasteiger partial charge in [-0.15, -0.1) is 0 Å². The zero-order chi connectivity index (χ0) is 24.8. The fourth-order valence-electron chi connectivity index (χ4n) is 4.36. The molecule has 1 saturated carbocycles. The molecule has 0 amide bonds. The van der Waals surface area contributed by atoms with Gasteiger partial charge in [0.05, 0.1) is 12.1 Å². The third kappa shape index (κ3) is 6.60. The Bertz CT molecular complexity index is 1270. The van der Waals surface area contributed by atoms with Crippen LogP contribution >= 0.6 is 15.9 Å². The van der Waals surface area contributed by atoms with E-state index in [2.05, 4.69) is 41.3 Å². The van der Waals surface area contributed by atoms with Crippen molar-refractivity contribution in [2.45, 2.75) is 30.6 Å². The lowest BCUT2D eigenvalue weighted by atomic mass is 9.82. The van der Waals surface area contributed by atoms with E-state index in [1.165, 1.54) is 12.1 Å². The lowest BCUT2D eigenvalue weighted by molar-refractivity contribution is 0.284. The second-order valence-corrected chi connectivity index (χ2v) is 11.4. The average molecular weight is 565 g/mol. The summed E-state index contributed by atoms with van der Waals surface area (Å²) in [7, 11) is -3.77. The summed E-state index contributed by atoms with van der Waals surface area (Å²) in [6.07, 6.45) is 3.80. The number of phenols is 1. The highest BCUT2D eigenvalue weighted by atomic mass is 79.9. The van der Waals surface area contributed by atoms with Gasteiger partial charge < -0.3 is 20.8 Å². The summed E-state index contributed by atoms with van der Waals surface area (Å²) in [6, 6.07) is 12.1. The third-order valence-corrected chi connectivity index (χ3v) is 8.26. The number of nitrogens with zero attached hydrogens (tertiary/aromatic N) is 2. The first-order chi connectivity index (χ1) is 16.9. The predicted octanol–water partition coefficient (Wildman–Crippen LogP) is 3.70. The molecular weight excluding hydrogens is 534 g/mol.